The molecule has 2 aromatic rings. The number of nitrogens with zero attached hydrogens (tertiary/aromatic N) is 2. The quantitative estimate of drug-likeness (QED) is 0.745. The number of pyridine rings is 1. The van der Waals surface area contributed by atoms with E-state index in [9.17, 15) is 0 Å². The van der Waals surface area contributed by atoms with Crippen molar-refractivity contribution in [1.29, 1.82) is 0 Å². The first kappa shape index (κ1) is 9.73. The second-order valence-electron chi connectivity index (χ2n) is 3.80. The number of hydrogen-bond acceptors (Lipinski definition) is 3. The maximum absolute atomic E-state index is 4.43. The Morgan fingerprint density at radius 2 is 1.94 bits per heavy atom. The maximum atomic E-state index is 4.43. The van der Waals surface area contributed by atoms with Gasteiger partial charge in [-0.05, 0) is 24.3 Å². The average molecular weight is 228 g/mol. The van der Waals surface area contributed by atoms with Gasteiger partial charge in [-0.3, -0.25) is 4.98 Å². The normalized spacial score (nSPS) is 18.6. The van der Waals surface area contributed by atoms with Crippen LogP contribution in [-0.2, 0) is 0 Å². The zero-order valence-electron chi connectivity index (χ0n) is 9.00. The fraction of sp³-hybridized carbons (Fsp3) is 0.154. The molecule has 0 saturated carbocycles. The highest BCUT2D eigenvalue weighted by Crippen LogP contribution is 2.49. The molecule has 1 aliphatic rings. The Labute approximate surface area is 99.3 Å². The van der Waals surface area contributed by atoms with E-state index in [-0.39, 0.29) is 0 Å². The Kier molecular flexibility index (Phi) is 2.33. The van der Waals surface area contributed by atoms with E-state index in [4.69, 9.17) is 0 Å². The number of aromatic nitrogens is 1. The molecule has 0 amide bonds. The van der Waals surface area contributed by atoms with Crippen molar-refractivity contribution >= 4 is 17.4 Å². The van der Waals surface area contributed by atoms with E-state index in [1.165, 1.54) is 10.6 Å². The van der Waals surface area contributed by atoms with Crippen molar-refractivity contribution in [3.05, 3.63) is 54.4 Å². The fourth-order valence-electron chi connectivity index (χ4n) is 1.95. The molecule has 0 spiro atoms. The summed E-state index contributed by atoms with van der Waals surface area (Å²) in [6, 6.07) is 14.6. The Hall–Kier alpha value is -1.48. The summed E-state index contributed by atoms with van der Waals surface area (Å²) in [5, 5.41) is 0.304. The van der Waals surface area contributed by atoms with Crippen LogP contribution in [0.4, 0.5) is 5.69 Å². The van der Waals surface area contributed by atoms with Crippen molar-refractivity contribution in [2.45, 2.75) is 10.3 Å². The first-order valence-electron chi connectivity index (χ1n) is 5.26. The Morgan fingerprint density at radius 3 is 2.69 bits per heavy atom. The number of anilines is 1. The molecular weight excluding hydrogens is 216 g/mol. The Balaban J connectivity index is 1.99. The molecule has 0 bridgehead atoms. The highest BCUT2D eigenvalue weighted by Gasteiger charge is 2.28. The lowest BCUT2D eigenvalue weighted by atomic mass is 10.2. The molecule has 16 heavy (non-hydrogen) atoms. The number of rotatable bonds is 1. The zero-order chi connectivity index (χ0) is 11.0. The van der Waals surface area contributed by atoms with Crippen LogP contribution in [0.3, 0.4) is 0 Å². The van der Waals surface area contributed by atoms with Crippen LogP contribution in [-0.4, -0.2) is 12.0 Å². The van der Waals surface area contributed by atoms with Crippen LogP contribution in [0.25, 0.3) is 0 Å². The Morgan fingerprint density at radius 1 is 1.12 bits per heavy atom. The molecule has 2 heterocycles. The van der Waals surface area contributed by atoms with Crippen molar-refractivity contribution in [2.75, 3.05) is 11.9 Å². The van der Waals surface area contributed by atoms with Crippen LogP contribution in [0.15, 0.2) is 53.6 Å². The maximum Gasteiger partial charge on any atom is 0.122 e. The van der Waals surface area contributed by atoms with E-state index < -0.39 is 0 Å². The highest BCUT2D eigenvalue weighted by molar-refractivity contribution is 8.00. The number of benzene rings is 1. The van der Waals surface area contributed by atoms with Gasteiger partial charge in [0, 0.05) is 18.1 Å². The van der Waals surface area contributed by atoms with Gasteiger partial charge in [-0.25, -0.2) is 0 Å². The summed E-state index contributed by atoms with van der Waals surface area (Å²) in [7, 11) is 2.12. The van der Waals surface area contributed by atoms with Crippen LogP contribution in [0, 0.1) is 0 Å². The second-order valence-corrected chi connectivity index (χ2v) is 4.93. The summed E-state index contributed by atoms with van der Waals surface area (Å²) in [6.07, 6.45) is 1.85. The average Bonchev–Trinajstić information content (AvgIpc) is 2.69. The number of thioether (sulfide) groups is 1. The Bertz CT molecular complexity index is 498. The van der Waals surface area contributed by atoms with Gasteiger partial charge in [-0.15, -0.1) is 0 Å². The minimum atomic E-state index is 0.304. The van der Waals surface area contributed by atoms with E-state index in [0.29, 0.717) is 5.37 Å². The monoisotopic (exact) mass is 228 g/mol. The lowest BCUT2D eigenvalue weighted by molar-refractivity contribution is 0.876. The van der Waals surface area contributed by atoms with Crippen molar-refractivity contribution in [3.63, 3.8) is 0 Å². The molecule has 1 aromatic carbocycles. The lowest BCUT2D eigenvalue weighted by Gasteiger charge is -2.20. The van der Waals surface area contributed by atoms with Crippen LogP contribution in [0.2, 0.25) is 0 Å². The van der Waals surface area contributed by atoms with E-state index in [1.807, 2.05) is 30.1 Å². The summed E-state index contributed by atoms with van der Waals surface area (Å²) in [5.41, 5.74) is 2.41. The molecule has 0 unspecified atom stereocenters. The van der Waals surface area contributed by atoms with Crippen LogP contribution >= 0.6 is 11.8 Å². The highest BCUT2D eigenvalue weighted by atomic mass is 32.2. The summed E-state index contributed by atoms with van der Waals surface area (Å²) in [6.45, 7) is 0. The summed E-state index contributed by atoms with van der Waals surface area (Å²) >= 11 is 1.86. The zero-order valence-corrected chi connectivity index (χ0v) is 9.82. The third-order valence-corrected chi connectivity index (χ3v) is 4.16. The van der Waals surface area contributed by atoms with E-state index >= 15 is 0 Å². The van der Waals surface area contributed by atoms with Gasteiger partial charge >= 0.3 is 0 Å². The van der Waals surface area contributed by atoms with Crippen molar-refractivity contribution in [3.8, 4) is 0 Å². The summed E-state index contributed by atoms with van der Waals surface area (Å²) < 4.78 is 0. The molecule has 1 aromatic heterocycles. The number of hydrogen-bond donors (Lipinski definition) is 0. The summed E-state index contributed by atoms with van der Waals surface area (Å²) in [4.78, 5) is 8.05. The molecular formula is C13H12N2S. The SMILES string of the molecule is CN1c2ccccc2S[C@H]1c1ccccn1. The first-order chi connectivity index (χ1) is 7.86. The van der Waals surface area contributed by atoms with E-state index in [1.54, 1.807) is 0 Å². The van der Waals surface area contributed by atoms with Crippen molar-refractivity contribution < 1.29 is 0 Å². The van der Waals surface area contributed by atoms with Crippen LogP contribution < -0.4 is 4.90 Å². The predicted octanol–water partition coefficient (Wildman–Crippen LogP) is 3.32. The van der Waals surface area contributed by atoms with Gasteiger partial charge in [0.2, 0.25) is 0 Å². The molecule has 0 fully saturated rings. The molecule has 3 heteroatoms. The third kappa shape index (κ3) is 1.48. The number of para-hydroxylation sites is 1. The predicted molar refractivity (Wildman–Crippen MR) is 67.7 cm³/mol. The van der Waals surface area contributed by atoms with Gasteiger partial charge in [0.1, 0.15) is 5.37 Å². The molecule has 0 N–H and O–H groups in total. The topological polar surface area (TPSA) is 16.1 Å². The van der Waals surface area contributed by atoms with Crippen molar-refractivity contribution in [2.24, 2.45) is 0 Å². The molecule has 3 rings (SSSR count). The van der Waals surface area contributed by atoms with Gasteiger partial charge in [-0.1, -0.05) is 30.0 Å². The van der Waals surface area contributed by atoms with Gasteiger partial charge in [0.05, 0.1) is 11.4 Å². The van der Waals surface area contributed by atoms with Crippen molar-refractivity contribution in [1.82, 2.24) is 4.98 Å². The number of fused-ring (bicyclic) bond motifs is 1. The lowest BCUT2D eigenvalue weighted by Crippen LogP contribution is -2.17. The van der Waals surface area contributed by atoms with Crippen LogP contribution in [0.1, 0.15) is 11.1 Å². The molecule has 0 radical (unpaired) electrons. The van der Waals surface area contributed by atoms with Crippen LogP contribution in [0.5, 0.6) is 0 Å². The van der Waals surface area contributed by atoms with Gasteiger partial charge < -0.3 is 4.90 Å². The first-order valence-corrected chi connectivity index (χ1v) is 6.14. The fourth-order valence-corrected chi connectivity index (χ4v) is 3.22. The second kappa shape index (κ2) is 3.83. The third-order valence-electron chi connectivity index (χ3n) is 2.78. The van der Waals surface area contributed by atoms with Gasteiger partial charge in [0.25, 0.3) is 0 Å². The molecule has 1 atom stereocenters. The largest absolute Gasteiger partial charge is 0.356 e. The molecule has 0 aliphatic carbocycles. The summed E-state index contributed by atoms with van der Waals surface area (Å²) in [5.74, 6) is 0. The molecule has 80 valence electrons. The molecule has 1 aliphatic heterocycles. The van der Waals surface area contributed by atoms with Gasteiger partial charge in [-0.2, -0.15) is 0 Å². The van der Waals surface area contributed by atoms with E-state index in [2.05, 4.69) is 47.3 Å². The molecule has 0 saturated heterocycles. The minimum Gasteiger partial charge on any atom is -0.356 e. The van der Waals surface area contributed by atoms with Gasteiger partial charge in [0.15, 0.2) is 0 Å². The molecule has 2 nitrogen and oxygen atoms in total. The smallest absolute Gasteiger partial charge is 0.122 e. The standard InChI is InChI=1S/C13H12N2S/c1-15-11-7-2-3-8-12(11)16-13(15)10-6-4-5-9-14-10/h2-9,13H,1H3/t13-/m0/s1. The van der Waals surface area contributed by atoms with E-state index in [0.717, 1.165) is 5.69 Å². The minimum absolute atomic E-state index is 0.304.